The first-order valence-corrected chi connectivity index (χ1v) is 12.4. The Morgan fingerprint density at radius 2 is 1.46 bits per heavy atom. The van der Waals surface area contributed by atoms with Gasteiger partial charge in [-0.15, -0.1) is 0 Å². The molecule has 80 valence electrons. The summed E-state index contributed by atoms with van der Waals surface area (Å²) in [4.78, 5) is 0. The summed E-state index contributed by atoms with van der Waals surface area (Å²) in [5.41, 5.74) is 0. The maximum atomic E-state index is 5.99. The van der Waals surface area contributed by atoms with Crippen LogP contribution in [0.5, 0.6) is 0 Å². The molecule has 0 saturated carbocycles. The van der Waals surface area contributed by atoms with Crippen LogP contribution >= 0.6 is 0 Å². The summed E-state index contributed by atoms with van der Waals surface area (Å²) in [5.74, 6) is 0. The van der Waals surface area contributed by atoms with E-state index >= 15 is 0 Å². The Kier molecular flexibility index (Phi) is 4.90. The normalized spacial score (nSPS) is 15.9. The predicted octanol–water partition coefficient (Wildman–Crippen LogP) is 3.95. The molecule has 0 radical (unpaired) electrons. The highest BCUT2D eigenvalue weighted by atomic mass is 28.4. The summed E-state index contributed by atoms with van der Waals surface area (Å²) in [6.07, 6.45) is 1.72. The molecule has 0 spiro atoms. The lowest BCUT2D eigenvalue weighted by molar-refractivity contribution is 0.209. The molecule has 0 aromatic rings. The van der Waals surface area contributed by atoms with Crippen LogP contribution in [0.4, 0.5) is 0 Å². The van der Waals surface area contributed by atoms with Gasteiger partial charge in [0.05, 0.1) is 0 Å². The first-order valence-electron chi connectivity index (χ1n) is 5.28. The molecular weight excluding hydrogens is 192 g/mol. The van der Waals surface area contributed by atoms with E-state index in [9.17, 15) is 0 Å². The van der Waals surface area contributed by atoms with Gasteiger partial charge in [0.1, 0.15) is 0 Å². The van der Waals surface area contributed by atoms with Gasteiger partial charge in [0.2, 0.25) is 0 Å². The number of hydrogen-bond donors (Lipinski definition) is 0. The average molecular weight is 218 g/mol. The Morgan fingerprint density at radius 1 is 1.00 bits per heavy atom. The van der Waals surface area contributed by atoms with Crippen LogP contribution in [-0.4, -0.2) is 22.5 Å². The van der Waals surface area contributed by atoms with Gasteiger partial charge in [0.15, 0.2) is 8.32 Å². The maximum absolute atomic E-state index is 5.99. The topological polar surface area (TPSA) is 9.23 Å². The SMILES string of the molecule is CC(CC[Si](C)(C)C)O[Si](C)(C)C. The maximum Gasteiger partial charge on any atom is 0.184 e. The second-order valence-corrected chi connectivity index (χ2v) is 16.2. The minimum Gasteiger partial charge on any atom is -0.415 e. The van der Waals surface area contributed by atoms with E-state index in [-0.39, 0.29) is 0 Å². The third kappa shape index (κ3) is 10.3. The van der Waals surface area contributed by atoms with Gasteiger partial charge >= 0.3 is 0 Å². The minimum atomic E-state index is -1.30. The second-order valence-electron chi connectivity index (χ2n) is 6.14. The van der Waals surface area contributed by atoms with Gasteiger partial charge in [-0.25, -0.2) is 0 Å². The lowest BCUT2D eigenvalue weighted by Gasteiger charge is -2.25. The molecule has 0 aliphatic rings. The zero-order valence-corrected chi connectivity index (χ0v) is 12.4. The minimum absolute atomic E-state index is 0.471. The summed E-state index contributed by atoms with van der Waals surface area (Å²) >= 11 is 0. The van der Waals surface area contributed by atoms with Crippen molar-refractivity contribution >= 4 is 16.4 Å². The average Bonchev–Trinajstić information content (AvgIpc) is 1.78. The quantitative estimate of drug-likeness (QED) is 0.635. The molecule has 0 bridgehead atoms. The molecule has 1 atom stereocenters. The van der Waals surface area contributed by atoms with Crippen LogP contribution in [0.3, 0.4) is 0 Å². The van der Waals surface area contributed by atoms with E-state index in [1.807, 2.05) is 0 Å². The second kappa shape index (κ2) is 4.76. The molecule has 0 heterocycles. The summed E-state index contributed by atoms with van der Waals surface area (Å²) in [7, 11) is -2.16. The Bertz CT molecular complexity index is 144. The van der Waals surface area contributed by atoms with Crippen LogP contribution in [0.1, 0.15) is 13.3 Å². The molecular formula is C10H26OSi2. The molecule has 0 saturated heterocycles. The third-order valence-electron chi connectivity index (χ3n) is 1.86. The van der Waals surface area contributed by atoms with Crippen LogP contribution in [0.25, 0.3) is 0 Å². The van der Waals surface area contributed by atoms with E-state index in [4.69, 9.17) is 4.43 Å². The van der Waals surface area contributed by atoms with Gasteiger partial charge in [-0.2, -0.15) is 0 Å². The van der Waals surface area contributed by atoms with Crippen LogP contribution < -0.4 is 0 Å². The molecule has 1 nitrogen and oxygen atoms in total. The van der Waals surface area contributed by atoms with Crippen molar-refractivity contribution in [1.82, 2.24) is 0 Å². The molecule has 0 aliphatic carbocycles. The standard InChI is InChI=1S/C10H26OSi2/c1-10(11-13(5,6)7)8-9-12(2,3)4/h10H,8-9H2,1-7H3. The summed E-state index contributed by atoms with van der Waals surface area (Å²) in [6, 6.07) is 1.39. The van der Waals surface area contributed by atoms with Crippen molar-refractivity contribution in [3.05, 3.63) is 0 Å². The predicted molar refractivity (Wildman–Crippen MR) is 66.7 cm³/mol. The first-order chi connectivity index (χ1) is 5.60. The van der Waals surface area contributed by atoms with Crippen molar-refractivity contribution in [2.75, 3.05) is 0 Å². The number of hydrogen-bond acceptors (Lipinski definition) is 1. The molecule has 3 heteroatoms. The molecule has 0 fully saturated rings. The van der Waals surface area contributed by atoms with Crippen molar-refractivity contribution in [2.45, 2.75) is 64.8 Å². The van der Waals surface area contributed by atoms with E-state index in [0.717, 1.165) is 0 Å². The largest absolute Gasteiger partial charge is 0.415 e. The van der Waals surface area contributed by atoms with E-state index in [2.05, 4.69) is 46.2 Å². The van der Waals surface area contributed by atoms with Crippen molar-refractivity contribution in [3.8, 4) is 0 Å². The highest BCUT2D eigenvalue weighted by Gasteiger charge is 2.20. The van der Waals surface area contributed by atoms with Crippen LogP contribution in [0, 0.1) is 0 Å². The summed E-state index contributed by atoms with van der Waals surface area (Å²) in [5, 5.41) is 0. The van der Waals surface area contributed by atoms with Crippen LogP contribution in [0.2, 0.25) is 45.3 Å². The monoisotopic (exact) mass is 218 g/mol. The van der Waals surface area contributed by atoms with Gasteiger partial charge < -0.3 is 4.43 Å². The van der Waals surface area contributed by atoms with E-state index in [0.29, 0.717) is 6.10 Å². The third-order valence-corrected chi connectivity index (χ3v) is 4.75. The first kappa shape index (κ1) is 13.4. The summed E-state index contributed by atoms with van der Waals surface area (Å²) < 4.78 is 5.99. The Morgan fingerprint density at radius 3 is 1.77 bits per heavy atom. The van der Waals surface area contributed by atoms with Crippen molar-refractivity contribution in [3.63, 3.8) is 0 Å². The van der Waals surface area contributed by atoms with Gasteiger partial charge in [0, 0.05) is 14.2 Å². The molecule has 0 aromatic heterocycles. The van der Waals surface area contributed by atoms with Crippen LogP contribution in [0.15, 0.2) is 0 Å². The van der Waals surface area contributed by atoms with E-state index < -0.39 is 16.4 Å². The molecule has 0 aromatic carbocycles. The molecule has 1 unspecified atom stereocenters. The highest BCUT2D eigenvalue weighted by molar-refractivity contribution is 6.76. The Labute approximate surface area is 86.0 Å². The fourth-order valence-electron chi connectivity index (χ4n) is 1.30. The van der Waals surface area contributed by atoms with E-state index in [1.165, 1.54) is 12.5 Å². The fraction of sp³-hybridized carbons (Fsp3) is 1.00. The lowest BCUT2D eigenvalue weighted by Crippen LogP contribution is -2.32. The fourth-order valence-corrected chi connectivity index (χ4v) is 3.90. The van der Waals surface area contributed by atoms with Gasteiger partial charge in [-0.05, 0) is 33.0 Å². The van der Waals surface area contributed by atoms with Crippen molar-refractivity contribution in [2.24, 2.45) is 0 Å². The van der Waals surface area contributed by atoms with Crippen molar-refractivity contribution in [1.29, 1.82) is 0 Å². The highest BCUT2D eigenvalue weighted by Crippen LogP contribution is 2.17. The van der Waals surface area contributed by atoms with Gasteiger partial charge in [0.25, 0.3) is 0 Å². The van der Waals surface area contributed by atoms with Gasteiger partial charge in [-0.1, -0.05) is 25.7 Å². The molecule has 0 rings (SSSR count). The smallest absolute Gasteiger partial charge is 0.184 e. The lowest BCUT2D eigenvalue weighted by atomic mass is 10.3. The Hall–Kier alpha value is 0.394. The molecule has 0 N–H and O–H groups in total. The molecule has 0 aliphatic heterocycles. The number of rotatable bonds is 5. The van der Waals surface area contributed by atoms with Crippen LogP contribution in [-0.2, 0) is 4.43 Å². The molecule has 0 amide bonds. The van der Waals surface area contributed by atoms with Gasteiger partial charge in [-0.3, -0.25) is 0 Å². The Balaban J connectivity index is 3.70. The summed E-state index contributed by atoms with van der Waals surface area (Å²) in [6.45, 7) is 16.3. The zero-order chi connectivity index (χ0) is 10.7. The van der Waals surface area contributed by atoms with Crippen molar-refractivity contribution < 1.29 is 4.43 Å². The zero-order valence-electron chi connectivity index (χ0n) is 10.4. The van der Waals surface area contributed by atoms with E-state index in [1.54, 1.807) is 0 Å². The molecule has 13 heavy (non-hydrogen) atoms.